The van der Waals surface area contributed by atoms with Crippen LogP contribution in [0.2, 0.25) is 0 Å². The van der Waals surface area contributed by atoms with Crippen LogP contribution in [0.15, 0.2) is 22.7 Å². The van der Waals surface area contributed by atoms with Gasteiger partial charge in [0.15, 0.2) is 0 Å². The molecule has 0 radical (unpaired) electrons. The van der Waals surface area contributed by atoms with Gasteiger partial charge in [-0.3, -0.25) is 0 Å². The standard InChI is InChI=1S/C13H16BrNO2/c1-13(2)6-5-8-3-4-9(14)7-10(8)11(13)17-12(15)16/h3-4,7,11H,5-6H2,1-2H3,(H2,15,16). The van der Waals surface area contributed by atoms with Gasteiger partial charge in [0.2, 0.25) is 0 Å². The van der Waals surface area contributed by atoms with E-state index in [1.807, 2.05) is 12.1 Å². The number of hydrogen-bond acceptors (Lipinski definition) is 2. The monoisotopic (exact) mass is 297 g/mol. The average Bonchev–Trinajstić information content (AvgIpc) is 2.22. The Kier molecular flexibility index (Phi) is 3.17. The fraction of sp³-hybridized carbons (Fsp3) is 0.462. The molecule has 1 aliphatic rings. The number of nitrogens with two attached hydrogens (primary N) is 1. The Bertz CT molecular complexity index is 457. The number of primary amides is 1. The van der Waals surface area contributed by atoms with Gasteiger partial charge in [-0.25, -0.2) is 4.79 Å². The molecule has 4 heteroatoms. The third-order valence-corrected chi connectivity index (χ3v) is 3.87. The molecular weight excluding hydrogens is 282 g/mol. The molecule has 17 heavy (non-hydrogen) atoms. The van der Waals surface area contributed by atoms with Crippen molar-refractivity contribution < 1.29 is 9.53 Å². The second-order valence-electron chi connectivity index (χ2n) is 5.15. The van der Waals surface area contributed by atoms with E-state index in [2.05, 4.69) is 35.8 Å². The number of aryl methyl sites for hydroxylation is 1. The van der Waals surface area contributed by atoms with Crippen LogP contribution in [-0.4, -0.2) is 6.09 Å². The number of rotatable bonds is 1. The summed E-state index contributed by atoms with van der Waals surface area (Å²) < 4.78 is 6.30. The molecule has 0 aliphatic heterocycles. The minimum absolute atomic E-state index is 0.0805. The first-order chi connectivity index (χ1) is 7.90. The van der Waals surface area contributed by atoms with Gasteiger partial charge in [0.25, 0.3) is 0 Å². The maximum Gasteiger partial charge on any atom is 0.405 e. The number of amides is 1. The zero-order valence-corrected chi connectivity index (χ0v) is 11.6. The smallest absolute Gasteiger partial charge is 0.405 e. The van der Waals surface area contributed by atoms with E-state index in [4.69, 9.17) is 10.5 Å². The van der Waals surface area contributed by atoms with Crippen LogP contribution >= 0.6 is 15.9 Å². The highest BCUT2D eigenvalue weighted by Crippen LogP contribution is 2.46. The highest BCUT2D eigenvalue weighted by molar-refractivity contribution is 9.10. The lowest BCUT2D eigenvalue weighted by Gasteiger charge is -2.38. The zero-order valence-electron chi connectivity index (χ0n) is 10.00. The predicted octanol–water partition coefficient (Wildman–Crippen LogP) is 3.56. The van der Waals surface area contributed by atoms with Gasteiger partial charge in [-0.15, -0.1) is 0 Å². The highest BCUT2D eigenvalue weighted by Gasteiger charge is 2.38. The van der Waals surface area contributed by atoms with Crippen molar-refractivity contribution in [2.75, 3.05) is 0 Å². The minimum Gasteiger partial charge on any atom is -0.441 e. The first-order valence-electron chi connectivity index (χ1n) is 5.64. The molecule has 0 bridgehead atoms. The van der Waals surface area contributed by atoms with Crippen LogP contribution in [0.5, 0.6) is 0 Å². The Hall–Kier alpha value is -1.03. The third kappa shape index (κ3) is 2.46. The van der Waals surface area contributed by atoms with Crippen molar-refractivity contribution in [3.63, 3.8) is 0 Å². The maximum atomic E-state index is 11.0. The summed E-state index contributed by atoms with van der Waals surface area (Å²) in [4.78, 5) is 11.0. The fourth-order valence-corrected chi connectivity index (χ4v) is 2.76. The van der Waals surface area contributed by atoms with Crippen LogP contribution in [-0.2, 0) is 11.2 Å². The van der Waals surface area contributed by atoms with Crippen molar-refractivity contribution >= 4 is 22.0 Å². The molecular formula is C13H16BrNO2. The number of halogens is 1. The predicted molar refractivity (Wildman–Crippen MR) is 69.7 cm³/mol. The molecule has 1 unspecified atom stereocenters. The first-order valence-corrected chi connectivity index (χ1v) is 6.44. The molecule has 92 valence electrons. The second kappa shape index (κ2) is 4.33. The maximum absolute atomic E-state index is 11.0. The lowest BCUT2D eigenvalue weighted by Crippen LogP contribution is -2.33. The molecule has 0 aromatic heterocycles. The molecule has 1 amide bonds. The number of carbonyl (C=O) groups excluding carboxylic acids is 1. The summed E-state index contributed by atoms with van der Waals surface area (Å²) in [6.07, 6.45) is 1.02. The summed E-state index contributed by atoms with van der Waals surface area (Å²) in [5, 5.41) is 0. The average molecular weight is 298 g/mol. The molecule has 0 fully saturated rings. The number of hydrogen-bond donors (Lipinski definition) is 1. The quantitative estimate of drug-likeness (QED) is 0.862. The Morgan fingerprint density at radius 3 is 2.88 bits per heavy atom. The normalized spacial score (nSPS) is 21.7. The number of fused-ring (bicyclic) bond motifs is 1. The Balaban J connectivity index is 2.46. The van der Waals surface area contributed by atoms with E-state index in [9.17, 15) is 4.79 Å². The van der Waals surface area contributed by atoms with Crippen molar-refractivity contribution in [1.82, 2.24) is 0 Å². The second-order valence-corrected chi connectivity index (χ2v) is 6.06. The van der Waals surface area contributed by atoms with Crippen LogP contribution in [0, 0.1) is 5.41 Å². The van der Waals surface area contributed by atoms with Gasteiger partial charge in [-0.2, -0.15) is 0 Å². The minimum atomic E-state index is -0.712. The Morgan fingerprint density at radius 1 is 1.53 bits per heavy atom. The molecule has 1 aliphatic carbocycles. The zero-order chi connectivity index (χ0) is 12.6. The van der Waals surface area contributed by atoms with Crippen LogP contribution in [0.4, 0.5) is 4.79 Å². The molecule has 0 saturated heterocycles. The summed E-state index contributed by atoms with van der Waals surface area (Å²) in [6.45, 7) is 4.20. The van der Waals surface area contributed by atoms with E-state index in [0.29, 0.717) is 0 Å². The number of ether oxygens (including phenoxy) is 1. The van der Waals surface area contributed by atoms with Gasteiger partial charge >= 0.3 is 6.09 Å². The van der Waals surface area contributed by atoms with Crippen molar-refractivity contribution in [2.45, 2.75) is 32.8 Å². The van der Waals surface area contributed by atoms with Crippen LogP contribution in [0.25, 0.3) is 0 Å². The summed E-state index contributed by atoms with van der Waals surface area (Å²) in [7, 11) is 0. The van der Waals surface area contributed by atoms with Crippen LogP contribution in [0.1, 0.15) is 37.5 Å². The fourth-order valence-electron chi connectivity index (χ4n) is 2.39. The molecule has 0 heterocycles. The third-order valence-electron chi connectivity index (χ3n) is 3.37. The summed E-state index contributed by atoms with van der Waals surface area (Å²) in [6, 6.07) is 6.11. The van der Waals surface area contributed by atoms with Crippen molar-refractivity contribution in [3.8, 4) is 0 Å². The molecule has 0 saturated carbocycles. The van der Waals surface area contributed by atoms with Gasteiger partial charge in [0, 0.05) is 9.89 Å². The van der Waals surface area contributed by atoms with Gasteiger partial charge in [0.1, 0.15) is 6.10 Å². The van der Waals surface area contributed by atoms with Crippen LogP contribution in [0.3, 0.4) is 0 Å². The number of benzene rings is 1. The van der Waals surface area contributed by atoms with Gasteiger partial charge in [-0.05, 0) is 36.1 Å². The lowest BCUT2D eigenvalue weighted by atomic mass is 9.72. The Labute approximate surface area is 109 Å². The highest BCUT2D eigenvalue weighted by atomic mass is 79.9. The largest absolute Gasteiger partial charge is 0.441 e. The van der Waals surface area contributed by atoms with E-state index in [1.54, 1.807) is 0 Å². The molecule has 1 atom stereocenters. The Morgan fingerprint density at radius 2 is 2.24 bits per heavy atom. The lowest BCUT2D eigenvalue weighted by molar-refractivity contribution is 0.0146. The molecule has 1 aromatic rings. The van der Waals surface area contributed by atoms with Gasteiger partial charge in [0.05, 0.1) is 0 Å². The first kappa shape index (κ1) is 12.4. The van der Waals surface area contributed by atoms with E-state index >= 15 is 0 Å². The van der Waals surface area contributed by atoms with Crippen LogP contribution < -0.4 is 5.73 Å². The van der Waals surface area contributed by atoms with Crippen molar-refractivity contribution in [3.05, 3.63) is 33.8 Å². The van der Waals surface area contributed by atoms with E-state index in [0.717, 1.165) is 22.9 Å². The number of carbonyl (C=O) groups is 1. The molecule has 1 aromatic carbocycles. The summed E-state index contributed by atoms with van der Waals surface area (Å²) >= 11 is 3.45. The summed E-state index contributed by atoms with van der Waals surface area (Å²) in [5.41, 5.74) is 7.39. The van der Waals surface area contributed by atoms with Crippen molar-refractivity contribution in [2.24, 2.45) is 11.1 Å². The van der Waals surface area contributed by atoms with Gasteiger partial charge in [-0.1, -0.05) is 35.8 Å². The van der Waals surface area contributed by atoms with Gasteiger partial charge < -0.3 is 10.5 Å². The van der Waals surface area contributed by atoms with Crippen molar-refractivity contribution in [1.29, 1.82) is 0 Å². The molecule has 2 N–H and O–H groups in total. The SMILES string of the molecule is CC1(C)CCc2ccc(Br)cc2C1OC(N)=O. The van der Waals surface area contributed by atoms with E-state index in [1.165, 1.54) is 5.56 Å². The van der Waals surface area contributed by atoms with E-state index in [-0.39, 0.29) is 11.5 Å². The summed E-state index contributed by atoms with van der Waals surface area (Å²) in [5.74, 6) is 0. The molecule has 0 spiro atoms. The molecule has 3 nitrogen and oxygen atoms in total. The topological polar surface area (TPSA) is 52.3 Å². The molecule has 2 rings (SSSR count). The van der Waals surface area contributed by atoms with E-state index < -0.39 is 6.09 Å².